The third-order valence-electron chi connectivity index (χ3n) is 5.02. The van der Waals surface area contributed by atoms with Gasteiger partial charge in [0.05, 0.1) is 0 Å². The van der Waals surface area contributed by atoms with E-state index in [-0.39, 0.29) is 25.8 Å². The SMILES string of the molecule is CCCC(C#C[Se]c1ccc2c(c1)C(C)(C)CCC2(C)C)=CC(=O)O. The first-order valence-electron chi connectivity index (χ1n) is 8.92. The molecule has 0 aromatic heterocycles. The Balaban J connectivity index is 2.26. The van der Waals surface area contributed by atoms with Gasteiger partial charge in [-0.05, 0) is 0 Å². The molecule has 0 fully saturated rings. The molecule has 1 aromatic carbocycles. The molecule has 0 saturated carbocycles. The third kappa shape index (κ3) is 5.00. The monoisotopic (exact) mass is 404 g/mol. The molecule has 1 aliphatic rings. The van der Waals surface area contributed by atoms with Crippen molar-refractivity contribution >= 4 is 25.4 Å². The van der Waals surface area contributed by atoms with E-state index in [1.807, 2.05) is 6.92 Å². The Morgan fingerprint density at radius 1 is 1.20 bits per heavy atom. The molecule has 1 aromatic rings. The van der Waals surface area contributed by atoms with E-state index in [4.69, 9.17) is 5.11 Å². The molecule has 0 aliphatic heterocycles. The Morgan fingerprint density at radius 2 is 1.84 bits per heavy atom. The molecule has 0 saturated heterocycles. The van der Waals surface area contributed by atoms with Crippen LogP contribution in [0.25, 0.3) is 0 Å². The summed E-state index contributed by atoms with van der Waals surface area (Å²) >= 11 is 0.0397. The zero-order chi connectivity index (χ0) is 18.7. The summed E-state index contributed by atoms with van der Waals surface area (Å²) in [7, 11) is 0. The van der Waals surface area contributed by atoms with E-state index in [1.54, 1.807) is 0 Å². The van der Waals surface area contributed by atoms with Crippen LogP contribution < -0.4 is 4.46 Å². The van der Waals surface area contributed by atoms with Gasteiger partial charge in [-0.25, -0.2) is 0 Å². The Hall–Kier alpha value is -1.49. The van der Waals surface area contributed by atoms with Crippen LogP contribution in [-0.4, -0.2) is 26.0 Å². The molecule has 0 bridgehead atoms. The summed E-state index contributed by atoms with van der Waals surface area (Å²) in [5, 5.41) is 8.93. The van der Waals surface area contributed by atoms with Gasteiger partial charge in [-0.3, -0.25) is 0 Å². The molecule has 1 aliphatic carbocycles. The Morgan fingerprint density at radius 3 is 2.44 bits per heavy atom. The fraction of sp³-hybridized carbons (Fsp3) is 0.500. The van der Waals surface area contributed by atoms with Crippen molar-refractivity contribution in [2.24, 2.45) is 0 Å². The number of carbonyl (C=O) groups is 1. The van der Waals surface area contributed by atoms with Crippen LogP contribution in [0.4, 0.5) is 0 Å². The number of fused-ring (bicyclic) bond motifs is 1. The van der Waals surface area contributed by atoms with Crippen LogP contribution in [0.2, 0.25) is 0 Å². The molecular weight excluding hydrogens is 375 g/mol. The zero-order valence-corrected chi connectivity index (χ0v) is 17.6. The molecule has 0 amide bonds. The number of benzene rings is 1. The fourth-order valence-electron chi connectivity index (χ4n) is 3.37. The second-order valence-corrected chi connectivity index (χ2v) is 9.91. The molecule has 0 atom stereocenters. The number of rotatable bonds is 4. The van der Waals surface area contributed by atoms with Crippen LogP contribution in [-0.2, 0) is 15.6 Å². The number of carboxylic acid groups (broad SMARTS) is 1. The van der Waals surface area contributed by atoms with Crippen LogP contribution in [0.1, 0.15) is 71.4 Å². The molecule has 2 rings (SSSR count). The van der Waals surface area contributed by atoms with Crippen LogP contribution in [0.3, 0.4) is 0 Å². The minimum absolute atomic E-state index is 0.0397. The number of hydrogen-bond acceptors (Lipinski definition) is 1. The Bertz CT molecular complexity index is 745. The second-order valence-electron chi connectivity index (χ2n) is 8.06. The van der Waals surface area contributed by atoms with Crippen molar-refractivity contribution in [3.8, 4) is 10.7 Å². The molecule has 2 nitrogen and oxygen atoms in total. The molecule has 1 N–H and O–H groups in total. The molecule has 0 unspecified atom stereocenters. The van der Waals surface area contributed by atoms with E-state index in [0.717, 1.165) is 18.4 Å². The average Bonchev–Trinajstić information content (AvgIpc) is 2.51. The van der Waals surface area contributed by atoms with Gasteiger partial charge in [-0.1, -0.05) is 0 Å². The second kappa shape index (κ2) is 7.81. The average molecular weight is 403 g/mol. The van der Waals surface area contributed by atoms with Crippen molar-refractivity contribution in [2.75, 3.05) is 0 Å². The van der Waals surface area contributed by atoms with Gasteiger partial charge in [0.1, 0.15) is 0 Å². The summed E-state index contributed by atoms with van der Waals surface area (Å²) in [6.07, 6.45) is 5.30. The van der Waals surface area contributed by atoms with Gasteiger partial charge < -0.3 is 0 Å². The summed E-state index contributed by atoms with van der Waals surface area (Å²) in [5.74, 6) is 2.16. The van der Waals surface area contributed by atoms with E-state index in [9.17, 15) is 4.79 Å². The van der Waals surface area contributed by atoms with Crippen molar-refractivity contribution in [3.05, 3.63) is 41.0 Å². The number of aliphatic carboxylic acids is 1. The van der Waals surface area contributed by atoms with Crippen molar-refractivity contribution < 1.29 is 9.90 Å². The molecule has 0 heterocycles. The van der Waals surface area contributed by atoms with Crippen molar-refractivity contribution in [2.45, 2.75) is 71.1 Å². The normalized spacial score (nSPS) is 18.0. The molecule has 0 radical (unpaired) electrons. The minimum atomic E-state index is -0.914. The van der Waals surface area contributed by atoms with Gasteiger partial charge in [-0.2, -0.15) is 0 Å². The topological polar surface area (TPSA) is 37.3 Å². The summed E-state index contributed by atoms with van der Waals surface area (Å²) in [6, 6.07) is 6.83. The first-order valence-corrected chi connectivity index (χ1v) is 10.6. The van der Waals surface area contributed by atoms with E-state index < -0.39 is 5.97 Å². The van der Waals surface area contributed by atoms with Crippen molar-refractivity contribution in [1.29, 1.82) is 0 Å². The summed E-state index contributed by atoms with van der Waals surface area (Å²) in [5.41, 5.74) is 4.09. The zero-order valence-electron chi connectivity index (χ0n) is 15.9. The number of carboxylic acids is 1. The van der Waals surface area contributed by atoms with Gasteiger partial charge in [0.2, 0.25) is 0 Å². The van der Waals surface area contributed by atoms with E-state index in [0.29, 0.717) is 0 Å². The van der Waals surface area contributed by atoms with E-state index >= 15 is 0 Å². The van der Waals surface area contributed by atoms with Gasteiger partial charge in [-0.15, -0.1) is 0 Å². The first kappa shape index (κ1) is 19.8. The first-order chi connectivity index (χ1) is 11.7. The van der Waals surface area contributed by atoms with E-state index in [1.165, 1.54) is 34.5 Å². The fourth-order valence-corrected chi connectivity index (χ4v) is 4.66. The number of allylic oxidation sites excluding steroid dienone is 1. The predicted molar refractivity (Wildman–Crippen MR) is 106 cm³/mol. The summed E-state index contributed by atoms with van der Waals surface area (Å²) in [6.45, 7) is 11.4. The quantitative estimate of drug-likeness (QED) is 0.466. The van der Waals surface area contributed by atoms with Crippen LogP contribution >= 0.6 is 0 Å². The van der Waals surface area contributed by atoms with Gasteiger partial charge in [0.15, 0.2) is 0 Å². The molecule has 134 valence electrons. The van der Waals surface area contributed by atoms with Crippen LogP contribution in [0, 0.1) is 10.7 Å². The third-order valence-corrected chi connectivity index (χ3v) is 6.48. The Kier molecular flexibility index (Phi) is 6.20. The standard InChI is InChI=1S/C22H28O2Se/c1-6-7-16(14-20(23)24)10-13-25-17-8-9-18-19(15-17)22(4,5)12-11-21(18,2)3/h8-9,14-15H,6-7,11-12H2,1-5H3,(H,23,24). The predicted octanol–water partition coefficient (Wildman–Crippen LogP) is 4.14. The molecule has 3 heteroatoms. The maximum atomic E-state index is 10.9. The molecule has 25 heavy (non-hydrogen) atoms. The number of hydrogen-bond donors (Lipinski definition) is 1. The van der Waals surface area contributed by atoms with Crippen LogP contribution in [0.15, 0.2) is 29.8 Å². The van der Waals surface area contributed by atoms with Gasteiger partial charge in [0.25, 0.3) is 0 Å². The summed E-state index contributed by atoms with van der Waals surface area (Å²) < 4.78 is 1.27. The van der Waals surface area contributed by atoms with Crippen molar-refractivity contribution in [3.63, 3.8) is 0 Å². The summed E-state index contributed by atoms with van der Waals surface area (Å²) in [4.78, 5) is 14.1. The van der Waals surface area contributed by atoms with Gasteiger partial charge in [0, 0.05) is 0 Å². The Labute approximate surface area is 158 Å². The van der Waals surface area contributed by atoms with Crippen molar-refractivity contribution in [1.82, 2.24) is 0 Å². The molecular formula is C22H28O2Se. The van der Waals surface area contributed by atoms with Crippen LogP contribution in [0.5, 0.6) is 0 Å². The van der Waals surface area contributed by atoms with Gasteiger partial charge >= 0.3 is 158 Å². The van der Waals surface area contributed by atoms with E-state index in [2.05, 4.69) is 56.6 Å². The molecule has 0 spiro atoms. The maximum absolute atomic E-state index is 10.9.